The molecule has 1 aliphatic rings. The average Bonchev–Trinajstić information content (AvgIpc) is 2.38. The standard InChI is InChI=1S/C15H24FN3/c1-18-7-4-14(5-8-18)19(2)15-10-12(3-6-17)9-13(16)11-15/h9-11,14H,3-8,17H2,1-2H3. The number of nitrogens with two attached hydrogens (primary N) is 1. The monoisotopic (exact) mass is 265 g/mol. The summed E-state index contributed by atoms with van der Waals surface area (Å²) in [6, 6.07) is 5.77. The molecule has 0 saturated carbocycles. The molecule has 1 aromatic rings. The molecule has 1 aliphatic heterocycles. The highest BCUT2D eigenvalue weighted by Gasteiger charge is 2.21. The van der Waals surface area contributed by atoms with Crippen molar-refractivity contribution in [2.24, 2.45) is 5.73 Å². The highest BCUT2D eigenvalue weighted by Crippen LogP contribution is 2.24. The molecule has 0 aromatic heterocycles. The Balaban J connectivity index is 2.11. The summed E-state index contributed by atoms with van der Waals surface area (Å²) in [5.41, 5.74) is 7.51. The Morgan fingerprint density at radius 1 is 1.32 bits per heavy atom. The molecule has 106 valence electrons. The molecule has 2 rings (SSSR count). The van der Waals surface area contributed by atoms with Gasteiger partial charge in [0.1, 0.15) is 5.82 Å². The smallest absolute Gasteiger partial charge is 0.125 e. The van der Waals surface area contributed by atoms with Crippen molar-refractivity contribution in [1.82, 2.24) is 4.90 Å². The molecule has 0 unspecified atom stereocenters. The maximum Gasteiger partial charge on any atom is 0.125 e. The van der Waals surface area contributed by atoms with Crippen LogP contribution < -0.4 is 10.6 Å². The topological polar surface area (TPSA) is 32.5 Å². The maximum atomic E-state index is 13.7. The summed E-state index contributed by atoms with van der Waals surface area (Å²) >= 11 is 0. The van der Waals surface area contributed by atoms with Crippen molar-refractivity contribution in [1.29, 1.82) is 0 Å². The average molecular weight is 265 g/mol. The van der Waals surface area contributed by atoms with E-state index in [4.69, 9.17) is 5.73 Å². The first-order chi connectivity index (χ1) is 9.10. The second-order valence-corrected chi connectivity index (χ2v) is 5.50. The first-order valence-electron chi connectivity index (χ1n) is 7.01. The van der Waals surface area contributed by atoms with Gasteiger partial charge in [0, 0.05) is 18.8 Å². The van der Waals surface area contributed by atoms with Gasteiger partial charge in [0.05, 0.1) is 0 Å². The van der Waals surface area contributed by atoms with E-state index in [1.165, 1.54) is 0 Å². The van der Waals surface area contributed by atoms with Crippen molar-refractivity contribution in [2.45, 2.75) is 25.3 Å². The van der Waals surface area contributed by atoms with Crippen molar-refractivity contribution >= 4 is 5.69 Å². The Bertz CT molecular complexity index is 414. The van der Waals surface area contributed by atoms with E-state index >= 15 is 0 Å². The molecule has 1 saturated heterocycles. The second-order valence-electron chi connectivity index (χ2n) is 5.50. The summed E-state index contributed by atoms with van der Waals surface area (Å²) < 4.78 is 13.7. The predicted molar refractivity (Wildman–Crippen MR) is 78.1 cm³/mol. The molecule has 3 nitrogen and oxygen atoms in total. The van der Waals surface area contributed by atoms with Gasteiger partial charge in [-0.05, 0) is 69.7 Å². The Hall–Kier alpha value is -1.13. The van der Waals surface area contributed by atoms with Gasteiger partial charge in [0.25, 0.3) is 0 Å². The van der Waals surface area contributed by atoms with Crippen LogP contribution in [-0.2, 0) is 6.42 Å². The quantitative estimate of drug-likeness (QED) is 0.902. The molecule has 0 bridgehead atoms. The molecule has 0 radical (unpaired) electrons. The van der Waals surface area contributed by atoms with E-state index in [1.807, 2.05) is 0 Å². The van der Waals surface area contributed by atoms with Crippen molar-refractivity contribution in [3.8, 4) is 0 Å². The zero-order chi connectivity index (χ0) is 13.8. The zero-order valence-corrected chi connectivity index (χ0v) is 11.9. The minimum absolute atomic E-state index is 0.166. The number of halogens is 1. The molecule has 4 heteroatoms. The minimum Gasteiger partial charge on any atom is -0.371 e. The Labute approximate surface area is 115 Å². The molecule has 19 heavy (non-hydrogen) atoms. The molecule has 0 amide bonds. The summed E-state index contributed by atoms with van der Waals surface area (Å²) in [6.45, 7) is 2.78. The number of likely N-dealkylation sites (tertiary alicyclic amines) is 1. The van der Waals surface area contributed by atoms with Gasteiger partial charge in [-0.15, -0.1) is 0 Å². The first kappa shape index (κ1) is 14.3. The van der Waals surface area contributed by atoms with Gasteiger partial charge in [-0.25, -0.2) is 4.39 Å². The van der Waals surface area contributed by atoms with E-state index in [2.05, 4.69) is 30.0 Å². The lowest BCUT2D eigenvalue weighted by molar-refractivity contribution is 0.253. The second kappa shape index (κ2) is 6.35. The fourth-order valence-electron chi connectivity index (χ4n) is 2.74. The lowest BCUT2D eigenvalue weighted by Crippen LogP contribution is -2.42. The van der Waals surface area contributed by atoms with Crippen LogP contribution in [0.4, 0.5) is 10.1 Å². The fourth-order valence-corrected chi connectivity index (χ4v) is 2.74. The minimum atomic E-state index is -0.166. The van der Waals surface area contributed by atoms with Gasteiger partial charge in [0.2, 0.25) is 0 Å². The van der Waals surface area contributed by atoms with E-state index in [-0.39, 0.29) is 5.82 Å². The van der Waals surface area contributed by atoms with Crippen LogP contribution in [0.1, 0.15) is 18.4 Å². The van der Waals surface area contributed by atoms with Crippen LogP contribution in [0.15, 0.2) is 18.2 Å². The van der Waals surface area contributed by atoms with Gasteiger partial charge in [-0.3, -0.25) is 0 Å². The van der Waals surface area contributed by atoms with E-state index in [1.54, 1.807) is 12.1 Å². The molecule has 1 heterocycles. The Morgan fingerprint density at radius 3 is 2.63 bits per heavy atom. The number of hydrogen-bond acceptors (Lipinski definition) is 3. The lowest BCUT2D eigenvalue weighted by Gasteiger charge is -2.36. The van der Waals surface area contributed by atoms with Crippen LogP contribution in [0.3, 0.4) is 0 Å². The lowest BCUT2D eigenvalue weighted by atomic mass is 10.0. The first-order valence-corrected chi connectivity index (χ1v) is 7.01. The molecule has 2 N–H and O–H groups in total. The van der Waals surface area contributed by atoms with Gasteiger partial charge in [-0.2, -0.15) is 0 Å². The summed E-state index contributed by atoms with van der Waals surface area (Å²) in [6.07, 6.45) is 3.00. The number of nitrogens with zero attached hydrogens (tertiary/aromatic N) is 2. The maximum absolute atomic E-state index is 13.7. The van der Waals surface area contributed by atoms with Crippen LogP contribution in [0.25, 0.3) is 0 Å². The summed E-state index contributed by atoms with van der Waals surface area (Å²) in [4.78, 5) is 4.56. The fraction of sp³-hybridized carbons (Fsp3) is 0.600. The van der Waals surface area contributed by atoms with E-state index in [9.17, 15) is 4.39 Å². The van der Waals surface area contributed by atoms with Crippen LogP contribution in [0.2, 0.25) is 0 Å². The number of benzene rings is 1. The van der Waals surface area contributed by atoms with Gasteiger partial charge >= 0.3 is 0 Å². The molecule has 0 aliphatic carbocycles. The van der Waals surface area contributed by atoms with Crippen LogP contribution >= 0.6 is 0 Å². The number of rotatable bonds is 4. The number of piperidine rings is 1. The van der Waals surface area contributed by atoms with Crippen molar-refractivity contribution in [3.05, 3.63) is 29.6 Å². The third-order valence-corrected chi connectivity index (χ3v) is 4.02. The molecule has 0 spiro atoms. The molecular weight excluding hydrogens is 241 g/mol. The molecular formula is C15H24FN3. The van der Waals surface area contributed by atoms with Gasteiger partial charge < -0.3 is 15.5 Å². The number of hydrogen-bond donors (Lipinski definition) is 1. The largest absolute Gasteiger partial charge is 0.371 e. The predicted octanol–water partition coefficient (Wildman–Crippen LogP) is 1.86. The van der Waals surface area contributed by atoms with E-state index in [0.29, 0.717) is 12.6 Å². The Kier molecular flexibility index (Phi) is 4.77. The molecule has 1 aromatic carbocycles. The molecule has 1 fully saturated rings. The van der Waals surface area contributed by atoms with Crippen LogP contribution in [0, 0.1) is 5.82 Å². The van der Waals surface area contributed by atoms with Crippen LogP contribution in [0.5, 0.6) is 0 Å². The SMILES string of the molecule is CN1CCC(N(C)c2cc(F)cc(CCN)c2)CC1. The normalized spacial score (nSPS) is 17.7. The number of anilines is 1. The van der Waals surface area contributed by atoms with Gasteiger partial charge in [-0.1, -0.05) is 0 Å². The van der Waals surface area contributed by atoms with Crippen molar-refractivity contribution in [3.63, 3.8) is 0 Å². The third kappa shape index (κ3) is 3.67. The third-order valence-electron chi connectivity index (χ3n) is 4.02. The zero-order valence-electron chi connectivity index (χ0n) is 11.9. The highest BCUT2D eigenvalue weighted by atomic mass is 19.1. The van der Waals surface area contributed by atoms with Crippen molar-refractivity contribution in [2.75, 3.05) is 38.6 Å². The van der Waals surface area contributed by atoms with Gasteiger partial charge in [0.15, 0.2) is 0 Å². The molecule has 0 atom stereocenters. The van der Waals surface area contributed by atoms with Crippen molar-refractivity contribution < 1.29 is 4.39 Å². The summed E-state index contributed by atoms with van der Waals surface area (Å²) in [5, 5.41) is 0. The highest BCUT2D eigenvalue weighted by molar-refractivity contribution is 5.49. The van der Waals surface area contributed by atoms with Crippen LogP contribution in [-0.4, -0.2) is 44.7 Å². The summed E-state index contributed by atoms with van der Waals surface area (Å²) in [7, 11) is 4.22. The summed E-state index contributed by atoms with van der Waals surface area (Å²) in [5.74, 6) is -0.166. The van der Waals surface area contributed by atoms with E-state index < -0.39 is 0 Å². The van der Waals surface area contributed by atoms with E-state index in [0.717, 1.165) is 43.6 Å². The Morgan fingerprint density at radius 2 is 2.00 bits per heavy atom.